The van der Waals surface area contributed by atoms with E-state index in [9.17, 15) is 18.8 Å². The first-order chi connectivity index (χ1) is 12.9. The number of hydrogen-bond donors (Lipinski definition) is 2. The summed E-state index contributed by atoms with van der Waals surface area (Å²) in [7, 11) is 0. The third-order valence-corrected chi connectivity index (χ3v) is 3.79. The molecule has 0 spiro atoms. The van der Waals surface area contributed by atoms with E-state index in [1.165, 1.54) is 25.1 Å². The Labute approximate surface area is 160 Å². The van der Waals surface area contributed by atoms with Crippen molar-refractivity contribution >= 4 is 29.4 Å². The summed E-state index contributed by atoms with van der Waals surface area (Å²) in [5, 5.41) is 5.27. The molecule has 0 atom stereocenters. The first-order valence-corrected chi connectivity index (χ1v) is 8.55. The Balaban J connectivity index is 1.77. The van der Waals surface area contributed by atoms with Crippen LogP contribution < -0.4 is 15.4 Å². The SMILES string of the molecule is CC(=O)Oc1cccc(C(=O)NCCCNC(=O)c2c(F)cccc2Cl)c1. The van der Waals surface area contributed by atoms with Gasteiger partial charge < -0.3 is 15.4 Å². The summed E-state index contributed by atoms with van der Waals surface area (Å²) in [5.41, 5.74) is 0.140. The largest absolute Gasteiger partial charge is 0.427 e. The lowest BCUT2D eigenvalue weighted by Gasteiger charge is -2.09. The zero-order valence-corrected chi connectivity index (χ0v) is 15.3. The van der Waals surface area contributed by atoms with E-state index in [0.717, 1.165) is 6.07 Å². The summed E-state index contributed by atoms with van der Waals surface area (Å²) >= 11 is 5.83. The van der Waals surface area contributed by atoms with Crippen molar-refractivity contribution in [3.05, 3.63) is 64.4 Å². The molecule has 0 aliphatic carbocycles. The van der Waals surface area contributed by atoms with Gasteiger partial charge in [0.1, 0.15) is 11.6 Å². The number of hydrogen-bond acceptors (Lipinski definition) is 4. The van der Waals surface area contributed by atoms with Crippen LogP contribution in [0, 0.1) is 5.82 Å². The molecular formula is C19H18ClFN2O4. The molecule has 0 aliphatic rings. The zero-order valence-electron chi connectivity index (χ0n) is 14.6. The number of nitrogens with one attached hydrogen (secondary N) is 2. The van der Waals surface area contributed by atoms with E-state index in [2.05, 4.69) is 10.6 Å². The molecule has 0 unspecified atom stereocenters. The highest BCUT2D eigenvalue weighted by Crippen LogP contribution is 2.18. The Bertz CT molecular complexity index is 837. The standard InChI is InChI=1S/C19H18ClFN2O4/c1-12(24)27-14-6-2-5-13(11-14)18(25)22-9-4-10-23-19(26)17-15(20)7-3-8-16(17)21/h2-3,5-8,11H,4,9-10H2,1H3,(H,22,25)(H,23,26). The lowest BCUT2D eigenvalue weighted by molar-refractivity contribution is -0.131. The van der Waals surface area contributed by atoms with E-state index in [-0.39, 0.29) is 28.8 Å². The third kappa shape index (κ3) is 6.07. The molecule has 2 aromatic carbocycles. The van der Waals surface area contributed by atoms with Crippen molar-refractivity contribution < 1.29 is 23.5 Å². The summed E-state index contributed by atoms with van der Waals surface area (Å²) in [5.74, 6) is -1.84. The molecule has 6 nitrogen and oxygen atoms in total. The first-order valence-electron chi connectivity index (χ1n) is 8.17. The molecule has 8 heteroatoms. The average molecular weight is 393 g/mol. The van der Waals surface area contributed by atoms with E-state index in [1.807, 2.05) is 0 Å². The number of amides is 2. The Kier molecular flexibility index (Phi) is 7.31. The quantitative estimate of drug-likeness (QED) is 0.431. The summed E-state index contributed by atoms with van der Waals surface area (Å²) in [4.78, 5) is 35.0. The minimum absolute atomic E-state index is 0.0356. The van der Waals surface area contributed by atoms with Gasteiger partial charge in [-0.05, 0) is 36.8 Å². The van der Waals surface area contributed by atoms with Crippen LogP contribution in [0.2, 0.25) is 5.02 Å². The van der Waals surface area contributed by atoms with Crippen molar-refractivity contribution in [2.75, 3.05) is 13.1 Å². The Hall–Kier alpha value is -2.93. The van der Waals surface area contributed by atoms with E-state index in [4.69, 9.17) is 16.3 Å². The van der Waals surface area contributed by atoms with Crippen LogP contribution in [0.25, 0.3) is 0 Å². The zero-order chi connectivity index (χ0) is 19.8. The molecule has 2 N–H and O–H groups in total. The van der Waals surface area contributed by atoms with Crippen molar-refractivity contribution in [2.45, 2.75) is 13.3 Å². The summed E-state index contributed by atoms with van der Waals surface area (Å²) < 4.78 is 18.6. The van der Waals surface area contributed by atoms with Gasteiger partial charge in [-0.15, -0.1) is 0 Å². The minimum Gasteiger partial charge on any atom is -0.427 e. The van der Waals surface area contributed by atoms with Gasteiger partial charge in [-0.25, -0.2) is 4.39 Å². The van der Waals surface area contributed by atoms with Gasteiger partial charge in [0.15, 0.2) is 0 Å². The highest BCUT2D eigenvalue weighted by Gasteiger charge is 2.15. The van der Waals surface area contributed by atoms with E-state index in [0.29, 0.717) is 18.5 Å². The Morgan fingerprint density at radius 2 is 1.70 bits per heavy atom. The van der Waals surface area contributed by atoms with Crippen LogP contribution in [0.1, 0.15) is 34.1 Å². The molecule has 2 aromatic rings. The fourth-order valence-corrected chi connectivity index (χ4v) is 2.51. The molecule has 0 heterocycles. The van der Waals surface area contributed by atoms with Crippen LogP contribution in [-0.2, 0) is 4.79 Å². The molecule has 0 aliphatic heterocycles. The molecule has 2 rings (SSSR count). The smallest absolute Gasteiger partial charge is 0.308 e. The maximum Gasteiger partial charge on any atom is 0.308 e. The highest BCUT2D eigenvalue weighted by atomic mass is 35.5. The fraction of sp³-hybridized carbons (Fsp3) is 0.211. The number of carbonyl (C=O) groups is 3. The summed E-state index contributed by atoms with van der Waals surface area (Å²) in [6.45, 7) is 1.80. The van der Waals surface area contributed by atoms with Gasteiger partial charge in [-0.1, -0.05) is 23.7 Å². The molecule has 142 valence electrons. The maximum absolute atomic E-state index is 13.6. The van der Waals surface area contributed by atoms with Gasteiger partial charge >= 0.3 is 5.97 Å². The Morgan fingerprint density at radius 1 is 1.04 bits per heavy atom. The van der Waals surface area contributed by atoms with Crippen molar-refractivity contribution in [1.82, 2.24) is 10.6 Å². The van der Waals surface area contributed by atoms with Gasteiger partial charge in [0.25, 0.3) is 11.8 Å². The molecule has 0 fully saturated rings. The predicted octanol–water partition coefficient (Wildman–Crippen LogP) is 2.95. The molecule has 27 heavy (non-hydrogen) atoms. The first kappa shape index (κ1) is 20.4. The second-order valence-electron chi connectivity index (χ2n) is 5.58. The second-order valence-corrected chi connectivity index (χ2v) is 5.99. The van der Waals surface area contributed by atoms with Crippen LogP contribution in [0.5, 0.6) is 5.75 Å². The highest BCUT2D eigenvalue weighted by molar-refractivity contribution is 6.33. The maximum atomic E-state index is 13.6. The molecule has 0 saturated carbocycles. The van der Waals surface area contributed by atoms with Gasteiger partial charge in [-0.3, -0.25) is 14.4 Å². The number of carbonyl (C=O) groups excluding carboxylic acids is 3. The Morgan fingerprint density at radius 3 is 2.37 bits per heavy atom. The van der Waals surface area contributed by atoms with E-state index in [1.54, 1.807) is 18.2 Å². The summed E-state index contributed by atoms with van der Waals surface area (Å²) in [6.07, 6.45) is 0.438. The average Bonchev–Trinajstić information content (AvgIpc) is 2.60. The van der Waals surface area contributed by atoms with E-state index >= 15 is 0 Å². The van der Waals surface area contributed by atoms with Crippen LogP contribution in [0.3, 0.4) is 0 Å². The second kappa shape index (κ2) is 9.68. The van der Waals surface area contributed by atoms with Gasteiger partial charge in [0.05, 0.1) is 10.6 Å². The van der Waals surface area contributed by atoms with Crippen LogP contribution in [-0.4, -0.2) is 30.9 Å². The number of halogens is 2. The normalized spacial score (nSPS) is 10.2. The molecular weight excluding hydrogens is 375 g/mol. The van der Waals surface area contributed by atoms with Crippen molar-refractivity contribution in [2.24, 2.45) is 0 Å². The molecule has 0 bridgehead atoms. The van der Waals surface area contributed by atoms with Gasteiger partial charge in [0.2, 0.25) is 0 Å². The number of esters is 1. The molecule has 2 amide bonds. The van der Waals surface area contributed by atoms with Gasteiger partial charge in [-0.2, -0.15) is 0 Å². The monoisotopic (exact) mass is 392 g/mol. The van der Waals surface area contributed by atoms with Gasteiger partial charge in [0, 0.05) is 25.6 Å². The molecule has 0 saturated heterocycles. The third-order valence-electron chi connectivity index (χ3n) is 3.47. The lowest BCUT2D eigenvalue weighted by Crippen LogP contribution is -2.30. The van der Waals surface area contributed by atoms with Crippen molar-refractivity contribution in [1.29, 1.82) is 0 Å². The fourth-order valence-electron chi connectivity index (χ4n) is 2.26. The van der Waals surface area contributed by atoms with Crippen LogP contribution in [0.15, 0.2) is 42.5 Å². The molecule has 0 aromatic heterocycles. The minimum atomic E-state index is -0.694. The van der Waals surface area contributed by atoms with Crippen LogP contribution in [0.4, 0.5) is 4.39 Å². The predicted molar refractivity (Wildman–Crippen MR) is 98.4 cm³/mol. The summed E-state index contributed by atoms with van der Waals surface area (Å²) in [6, 6.07) is 10.2. The van der Waals surface area contributed by atoms with Crippen LogP contribution >= 0.6 is 11.6 Å². The van der Waals surface area contributed by atoms with E-state index < -0.39 is 17.7 Å². The number of benzene rings is 2. The number of rotatable bonds is 7. The van der Waals surface area contributed by atoms with Crippen molar-refractivity contribution in [3.8, 4) is 5.75 Å². The lowest BCUT2D eigenvalue weighted by atomic mass is 10.2. The number of ether oxygens (including phenoxy) is 1. The topological polar surface area (TPSA) is 84.5 Å². The van der Waals surface area contributed by atoms with Crippen molar-refractivity contribution in [3.63, 3.8) is 0 Å². The molecule has 0 radical (unpaired) electrons.